The van der Waals surface area contributed by atoms with Crippen molar-refractivity contribution in [1.82, 2.24) is 0 Å². The Morgan fingerprint density at radius 3 is 2.45 bits per heavy atom. The molecule has 0 aromatic heterocycles. The Morgan fingerprint density at radius 1 is 1.06 bits per heavy atom. The third-order valence-corrected chi connectivity index (χ3v) is 11.3. The summed E-state index contributed by atoms with van der Waals surface area (Å²) in [6.45, 7) is 13.2. The van der Waals surface area contributed by atoms with Crippen molar-refractivity contribution in [1.29, 1.82) is 0 Å². The highest BCUT2D eigenvalue weighted by molar-refractivity contribution is 5.66. The molecule has 190 valence electrons. The largest absolute Gasteiger partial charge is 0.462 e. The number of hydrogen-bond donors (Lipinski definition) is 1. The number of alkyl halides is 1. The number of fused-ring (bicyclic) bond motifs is 5. The smallest absolute Gasteiger partial charge is 0.302 e. The average Bonchev–Trinajstić information content (AvgIpc) is 3.07. The molecule has 4 heteroatoms. The number of rotatable bonds is 6. The highest BCUT2D eigenvalue weighted by atomic mass is 19.1. The van der Waals surface area contributed by atoms with Crippen molar-refractivity contribution in [3.8, 4) is 0 Å². The van der Waals surface area contributed by atoms with Crippen LogP contribution >= 0.6 is 0 Å². The fourth-order valence-electron chi connectivity index (χ4n) is 9.55. The van der Waals surface area contributed by atoms with Gasteiger partial charge in [-0.25, -0.2) is 4.39 Å². The van der Waals surface area contributed by atoms with Gasteiger partial charge in [-0.2, -0.15) is 0 Å². The van der Waals surface area contributed by atoms with Crippen LogP contribution in [0.2, 0.25) is 0 Å². The molecule has 0 amide bonds. The summed E-state index contributed by atoms with van der Waals surface area (Å²) < 4.78 is 21.4. The van der Waals surface area contributed by atoms with Gasteiger partial charge in [-0.05, 0) is 85.9 Å². The molecule has 0 unspecified atom stereocenters. The van der Waals surface area contributed by atoms with Crippen molar-refractivity contribution in [3.63, 3.8) is 0 Å². The van der Waals surface area contributed by atoms with E-state index in [0.29, 0.717) is 29.6 Å². The molecular weight excluding hydrogens is 415 g/mol. The van der Waals surface area contributed by atoms with E-state index in [1.54, 1.807) is 0 Å². The van der Waals surface area contributed by atoms with Gasteiger partial charge in [0.2, 0.25) is 0 Å². The van der Waals surface area contributed by atoms with Crippen LogP contribution in [-0.2, 0) is 9.53 Å². The summed E-state index contributed by atoms with van der Waals surface area (Å²) in [4.78, 5) is 11.5. The van der Waals surface area contributed by atoms with E-state index < -0.39 is 17.2 Å². The molecule has 0 heterocycles. The Hall–Kier alpha value is -0.640. The standard InChI is InChI=1S/C29H49FO3/c1-18(2)8-7-9-19(3)23-10-11-24-22-16-26(30)29(32)17-21(33-20(4)31)12-15-28(29,6)25(22)13-14-27(23,24)5/h18-19,21-26,32H,7-17H2,1-6H3/t19-,21-,22+,23-,24+,25+,26+,27-,28-,29+/m1/s1. The molecule has 0 aromatic rings. The molecule has 10 atom stereocenters. The summed E-state index contributed by atoms with van der Waals surface area (Å²) in [6, 6.07) is 0. The average molecular weight is 465 g/mol. The van der Waals surface area contributed by atoms with Gasteiger partial charge in [-0.1, -0.05) is 53.9 Å². The highest BCUT2D eigenvalue weighted by Gasteiger charge is 2.68. The number of aliphatic hydroxyl groups is 1. The Kier molecular flexibility index (Phi) is 7.02. The molecule has 4 fully saturated rings. The van der Waals surface area contributed by atoms with Crippen molar-refractivity contribution in [2.45, 2.75) is 130 Å². The third kappa shape index (κ3) is 4.19. The fraction of sp³-hybridized carbons (Fsp3) is 0.966. The number of hydrogen-bond acceptors (Lipinski definition) is 3. The minimum absolute atomic E-state index is 0.255. The molecule has 0 spiro atoms. The monoisotopic (exact) mass is 464 g/mol. The van der Waals surface area contributed by atoms with Crippen LogP contribution in [0.3, 0.4) is 0 Å². The van der Waals surface area contributed by atoms with Crippen LogP contribution in [0.1, 0.15) is 112 Å². The maximum atomic E-state index is 15.9. The van der Waals surface area contributed by atoms with Gasteiger partial charge in [-0.15, -0.1) is 0 Å². The minimum Gasteiger partial charge on any atom is -0.462 e. The number of ether oxygens (including phenoxy) is 1. The van der Waals surface area contributed by atoms with Crippen LogP contribution in [0, 0.1) is 46.3 Å². The Labute approximate surface area is 201 Å². The molecule has 1 N–H and O–H groups in total. The topological polar surface area (TPSA) is 46.5 Å². The minimum atomic E-state index is -1.37. The van der Waals surface area contributed by atoms with Crippen molar-refractivity contribution in [3.05, 3.63) is 0 Å². The predicted molar refractivity (Wildman–Crippen MR) is 130 cm³/mol. The zero-order chi connectivity index (χ0) is 24.2. The summed E-state index contributed by atoms with van der Waals surface area (Å²) in [5.74, 6) is 3.28. The van der Waals surface area contributed by atoms with E-state index in [1.165, 1.54) is 45.4 Å². The first kappa shape index (κ1) is 25.5. The molecule has 33 heavy (non-hydrogen) atoms. The lowest BCUT2D eigenvalue weighted by Gasteiger charge is -2.65. The van der Waals surface area contributed by atoms with Crippen LogP contribution in [0.4, 0.5) is 4.39 Å². The molecule has 0 aromatic carbocycles. The molecule has 0 bridgehead atoms. The van der Waals surface area contributed by atoms with Crippen molar-refractivity contribution >= 4 is 5.97 Å². The van der Waals surface area contributed by atoms with E-state index >= 15 is 4.39 Å². The number of carbonyl (C=O) groups excluding carboxylic acids is 1. The molecule has 4 saturated carbocycles. The van der Waals surface area contributed by atoms with E-state index in [0.717, 1.165) is 37.0 Å². The fourth-order valence-corrected chi connectivity index (χ4v) is 9.55. The maximum Gasteiger partial charge on any atom is 0.302 e. The van der Waals surface area contributed by atoms with E-state index in [1.807, 2.05) is 0 Å². The summed E-state index contributed by atoms with van der Waals surface area (Å²) in [6.07, 6.45) is 9.45. The van der Waals surface area contributed by atoms with E-state index in [-0.39, 0.29) is 18.5 Å². The van der Waals surface area contributed by atoms with Gasteiger partial charge in [0.15, 0.2) is 0 Å². The third-order valence-electron chi connectivity index (χ3n) is 11.3. The number of carbonyl (C=O) groups is 1. The first-order chi connectivity index (χ1) is 15.4. The summed E-state index contributed by atoms with van der Waals surface area (Å²) >= 11 is 0. The van der Waals surface area contributed by atoms with Crippen molar-refractivity contribution in [2.75, 3.05) is 0 Å². The second-order valence-corrected chi connectivity index (χ2v) is 13.4. The van der Waals surface area contributed by atoms with Crippen LogP contribution in [0.5, 0.6) is 0 Å². The van der Waals surface area contributed by atoms with Crippen molar-refractivity contribution < 1.29 is 19.0 Å². The van der Waals surface area contributed by atoms with Gasteiger partial charge < -0.3 is 9.84 Å². The Bertz CT molecular complexity index is 724. The van der Waals surface area contributed by atoms with E-state index in [4.69, 9.17) is 4.74 Å². The highest BCUT2D eigenvalue weighted by Crippen LogP contribution is 2.69. The lowest BCUT2D eigenvalue weighted by Crippen LogP contribution is -2.67. The molecule has 4 aliphatic carbocycles. The van der Waals surface area contributed by atoms with Gasteiger partial charge >= 0.3 is 5.97 Å². The van der Waals surface area contributed by atoms with Crippen LogP contribution < -0.4 is 0 Å². The lowest BCUT2D eigenvalue weighted by atomic mass is 9.42. The summed E-state index contributed by atoms with van der Waals surface area (Å²) in [5, 5.41) is 11.8. The molecule has 4 aliphatic rings. The lowest BCUT2D eigenvalue weighted by molar-refractivity contribution is -0.252. The maximum absolute atomic E-state index is 15.9. The molecule has 4 rings (SSSR count). The van der Waals surface area contributed by atoms with Gasteiger partial charge in [-0.3, -0.25) is 4.79 Å². The van der Waals surface area contributed by atoms with Crippen LogP contribution in [0.15, 0.2) is 0 Å². The van der Waals surface area contributed by atoms with Gasteiger partial charge in [0.05, 0.1) is 0 Å². The Morgan fingerprint density at radius 2 is 1.79 bits per heavy atom. The second-order valence-electron chi connectivity index (χ2n) is 13.4. The van der Waals surface area contributed by atoms with Crippen LogP contribution in [0.25, 0.3) is 0 Å². The SMILES string of the molecule is CC(=O)O[C@@H]1CC[C@]2(C)[C@H]3CC[C@]4(C)[C@@H]([C@H](C)CCCC(C)C)CC[C@H]4[C@@H]3C[C@H](F)[C@@]2(O)C1. The van der Waals surface area contributed by atoms with Gasteiger partial charge in [0.1, 0.15) is 17.9 Å². The molecule has 0 saturated heterocycles. The number of halogens is 1. The summed E-state index contributed by atoms with van der Waals surface area (Å²) in [5.41, 5.74) is -1.48. The molecular formula is C29H49FO3. The first-order valence-electron chi connectivity index (χ1n) is 14.0. The molecule has 0 radical (unpaired) electrons. The predicted octanol–water partition coefficient (Wildman–Crippen LogP) is 7.10. The normalized spacial score (nSPS) is 48.0. The van der Waals surface area contributed by atoms with E-state index in [9.17, 15) is 9.90 Å². The molecule has 0 aliphatic heterocycles. The molecule has 3 nitrogen and oxygen atoms in total. The van der Waals surface area contributed by atoms with Crippen molar-refractivity contribution in [2.24, 2.45) is 46.3 Å². The zero-order valence-electron chi connectivity index (χ0n) is 22.0. The number of esters is 1. The van der Waals surface area contributed by atoms with E-state index in [2.05, 4.69) is 34.6 Å². The van der Waals surface area contributed by atoms with Gasteiger partial charge in [0, 0.05) is 18.8 Å². The quantitative estimate of drug-likeness (QED) is 0.426. The van der Waals surface area contributed by atoms with Crippen LogP contribution in [-0.4, -0.2) is 29.0 Å². The zero-order valence-corrected chi connectivity index (χ0v) is 22.0. The summed E-state index contributed by atoms with van der Waals surface area (Å²) in [7, 11) is 0. The van der Waals surface area contributed by atoms with Gasteiger partial charge in [0.25, 0.3) is 0 Å². The second kappa shape index (κ2) is 9.10. The first-order valence-corrected chi connectivity index (χ1v) is 14.0. The Balaban J connectivity index is 1.51.